The van der Waals surface area contributed by atoms with Crippen LogP contribution >= 0.6 is 0 Å². The molecule has 0 bridgehead atoms. The van der Waals surface area contributed by atoms with Crippen molar-refractivity contribution in [2.45, 2.75) is 0 Å². The molecule has 6 aromatic rings. The summed E-state index contributed by atoms with van der Waals surface area (Å²) in [6.07, 6.45) is 0. The standard InChI is InChI=1S/C25H21N3O3.C24H19N3O2/c1-28-22-9-7-17(20-13-19(30-2)8-10-23(20)31-3)12-21(22)25(27-15-24(28)29)18-6-4-5-16(11-18)14-26;1-27-22-11-8-18(17-6-9-20(29-2)10-7-17)13-21(22)24(26-15-23(27)28)19-5-3-4-16(12-19)14-25/h4-13H,15H2,1-3H3;3-13H,15H2,1-2H3. The van der Waals surface area contributed by atoms with Gasteiger partial charge >= 0.3 is 0 Å². The van der Waals surface area contributed by atoms with E-state index in [1.807, 2.05) is 103 Å². The van der Waals surface area contributed by atoms with Crippen LogP contribution in [0.5, 0.6) is 17.2 Å². The van der Waals surface area contributed by atoms with Gasteiger partial charge in [-0.1, -0.05) is 48.5 Å². The molecule has 0 unspecified atom stereocenters. The molecule has 60 heavy (non-hydrogen) atoms. The lowest BCUT2D eigenvalue weighted by Gasteiger charge is -2.20. The minimum absolute atomic E-state index is 0.0368. The summed E-state index contributed by atoms with van der Waals surface area (Å²) in [4.78, 5) is 37.5. The Hall–Kier alpha value is -8.02. The summed E-state index contributed by atoms with van der Waals surface area (Å²) in [5.74, 6) is 2.05. The van der Waals surface area contributed by atoms with E-state index < -0.39 is 0 Å². The SMILES string of the molecule is COc1ccc(-c2ccc3c(c2)C(c2cccc(C#N)c2)=NCC(=O)N3C)cc1.COc1ccc(OC)c(-c2ccc3c(c2)C(c2cccc(C#N)c2)=NCC(=O)N3C)c1. The molecule has 0 saturated heterocycles. The largest absolute Gasteiger partial charge is 0.497 e. The molecule has 2 heterocycles. The lowest BCUT2D eigenvalue weighted by atomic mass is 9.94. The fraction of sp³-hybridized carbons (Fsp3) is 0.143. The number of ether oxygens (including phenoxy) is 3. The molecule has 8 rings (SSSR count). The highest BCUT2D eigenvalue weighted by Gasteiger charge is 2.25. The van der Waals surface area contributed by atoms with Gasteiger partial charge in [-0.3, -0.25) is 19.6 Å². The summed E-state index contributed by atoms with van der Waals surface area (Å²) in [5, 5.41) is 18.6. The number of rotatable bonds is 7. The normalized spacial score (nSPS) is 13.1. The molecule has 11 heteroatoms. The van der Waals surface area contributed by atoms with Gasteiger partial charge in [0.25, 0.3) is 0 Å². The summed E-state index contributed by atoms with van der Waals surface area (Å²) in [6.45, 7) is 0.101. The highest BCUT2D eigenvalue weighted by atomic mass is 16.5. The van der Waals surface area contributed by atoms with E-state index in [0.717, 1.165) is 61.6 Å². The number of benzene rings is 6. The maximum Gasteiger partial charge on any atom is 0.248 e. The van der Waals surface area contributed by atoms with Gasteiger partial charge in [-0.25, -0.2) is 0 Å². The molecular formula is C49H40N6O5. The van der Waals surface area contributed by atoms with Gasteiger partial charge in [0.05, 0.1) is 67.4 Å². The van der Waals surface area contributed by atoms with Crippen LogP contribution in [-0.2, 0) is 9.59 Å². The summed E-state index contributed by atoms with van der Waals surface area (Å²) >= 11 is 0. The Bertz CT molecular complexity index is 2780. The van der Waals surface area contributed by atoms with Crippen molar-refractivity contribution < 1.29 is 23.8 Å². The highest BCUT2D eigenvalue weighted by molar-refractivity contribution is 6.21. The van der Waals surface area contributed by atoms with E-state index in [9.17, 15) is 20.1 Å². The van der Waals surface area contributed by atoms with Crippen LogP contribution in [0.25, 0.3) is 22.3 Å². The third-order valence-electron chi connectivity index (χ3n) is 10.4. The number of benzodiazepines with no additional fused rings is 2. The van der Waals surface area contributed by atoms with Crippen molar-refractivity contribution >= 4 is 34.6 Å². The smallest absolute Gasteiger partial charge is 0.248 e. The number of nitrogens with zero attached hydrogens (tertiary/aromatic N) is 6. The first-order valence-electron chi connectivity index (χ1n) is 18.9. The number of likely N-dealkylation sites (N-methyl/N-ethyl adjacent to an activating group) is 2. The second-order valence-electron chi connectivity index (χ2n) is 13.9. The van der Waals surface area contributed by atoms with E-state index in [4.69, 9.17) is 14.2 Å². The lowest BCUT2D eigenvalue weighted by molar-refractivity contribution is -0.117. The van der Waals surface area contributed by atoms with Gasteiger partial charge in [-0.2, -0.15) is 10.5 Å². The van der Waals surface area contributed by atoms with Crippen LogP contribution in [0.3, 0.4) is 0 Å². The number of carbonyl (C=O) groups is 2. The number of methoxy groups -OCH3 is 3. The molecule has 11 nitrogen and oxygen atoms in total. The van der Waals surface area contributed by atoms with Crippen LogP contribution < -0.4 is 24.0 Å². The van der Waals surface area contributed by atoms with Crippen molar-refractivity contribution in [1.29, 1.82) is 10.5 Å². The number of hydrogen-bond donors (Lipinski definition) is 0. The Balaban J connectivity index is 0.000000182. The van der Waals surface area contributed by atoms with Crippen LogP contribution in [0.2, 0.25) is 0 Å². The van der Waals surface area contributed by atoms with Crippen molar-refractivity contribution in [2.75, 3.05) is 58.3 Å². The van der Waals surface area contributed by atoms with Gasteiger partial charge in [-0.15, -0.1) is 0 Å². The summed E-state index contributed by atoms with van der Waals surface area (Å²) in [5.41, 5.74) is 11.1. The second kappa shape index (κ2) is 17.6. The maximum atomic E-state index is 12.5. The molecule has 0 radical (unpaired) electrons. The molecular weight excluding hydrogens is 753 g/mol. The molecule has 2 amide bonds. The van der Waals surface area contributed by atoms with E-state index in [-0.39, 0.29) is 24.9 Å². The van der Waals surface area contributed by atoms with Crippen LogP contribution in [0.1, 0.15) is 33.4 Å². The molecule has 0 N–H and O–H groups in total. The van der Waals surface area contributed by atoms with Crippen molar-refractivity contribution in [3.05, 3.63) is 161 Å². The van der Waals surface area contributed by atoms with Gasteiger partial charge in [0.2, 0.25) is 11.8 Å². The van der Waals surface area contributed by atoms with E-state index in [1.54, 1.807) is 69.5 Å². The monoisotopic (exact) mass is 792 g/mol. The molecule has 0 saturated carbocycles. The Morgan fingerprint density at radius 3 is 1.48 bits per heavy atom. The van der Waals surface area contributed by atoms with Crippen LogP contribution in [0.4, 0.5) is 11.4 Å². The van der Waals surface area contributed by atoms with E-state index in [0.29, 0.717) is 34.0 Å². The van der Waals surface area contributed by atoms with Crippen LogP contribution in [0, 0.1) is 22.7 Å². The fourth-order valence-corrected chi connectivity index (χ4v) is 7.12. The first kappa shape index (κ1) is 40.2. The average Bonchev–Trinajstić information content (AvgIpc) is 3.51. The minimum Gasteiger partial charge on any atom is -0.497 e. The first-order chi connectivity index (χ1) is 29.2. The maximum absolute atomic E-state index is 12.5. The van der Waals surface area contributed by atoms with Crippen molar-refractivity contribution in [2.24, 2.45) is 9.98 Å². The predicted octanol–water partition coefficient (Wildman–Crippen LogP) is 8.10. The Kier molecular flexibility index (Phi) is 11.8. The zero-order valence-corrected chi connectivity index (χ0v) is 33.8. The summed E-state index contributed by atoms with van der Waals surface area (Å²) in [6, 6.07) is 44.2. The molecule has 2 aliphatic rings. The molecule has 0 fully saturated rings. The number of aliphatic imine (C=N–C) groups is 2. The number of nitriles is 2. The number of anilines is 2. The van der Waals surface area contributed by atoms with Crippen molar-refractivity contribution in [3.8, 4) is 51.6 Å². The van der Waals surface area contributed by atoms with Gasteiger partial charge in [0, 0.05) is 41.9 Å². The van der Waals surface area contributed by atoms with Crippen molar-refractivity contribution in [1.82, 2.24) is 0 Å². The molecule has 0 aromatic heterocycles. The highest BCUT2D eigenvalue weighted by Crippen LogP contribution is 2.37. The van der Waals surface area contributed by atoms with E-state index in [1.165, 1.54) is 0 Å². The third kappa shape index (κ3) is 8.19. The van der Waals surface area contributed by atoms with Gasteiger partial charge < -0.3 is 24.0 Å². The third-order valence-corrected chi connectivity index (χ3v) is 10.4. The van der Waals surface area contributed by atoms with Crippen LogP contribution in [0.15, 0.2) is 137 Å². The Morgan fingerprint density at radius 1 is 0.500 bits per heavy atom. The van der Waals surface area contributed by atoms with Gasteiger partial charge in [0.1, 0.15) is 30.3 Å². The lowest BCUT2D eigenvalue weighted by Crippen LogP contribution is -2.27. The van der Waals surface area contributed by atoms with E-state index in [2.05, 4.69) is 22.1 Å². The number of hydrogen-bond acceptors (Lipinski definition) is 9. The minimum atomic E-state index is -0.0978. The molecule has 0 aliphatic carbocycles. The molecule has 6 aromatic carbocycles. The fourth-order valence-electron chi connectivity index (χ4n) is 7.12. The van der Waals surface area contributed by atoms with E-state index >= 15 is 0 Å². The zero-order chi connectivity index (χ0) is 42.3. The molecule has 0 spiro atoms. The van der Waals surface area contributed by atoms with Crippen LogP contribution in [-0.4, -0.2) is 71.8 Å². The topological polar surface area (TPSA) is 141 Å². The number of fused-ring (bicyclic) bond motifs is 2. The Morgan fingerprint density at radius 2 is 0.983 bits per heavy atom. The molecule has 0 atom stereocenters. The quantitative estimate of drug-likeness (QED) is 0.159. The summed E-state index contributed by atoms with van der Waals surface area (Å²) in [7, 11) is 8.40. The molecule has 296 valence electrons. The predicted molar refractivity (Wildman–Crippen MR) is 234 cm³/mol. The zero-order valence-electron chi connectivity index (χ0n) is 33.8. The number of carbonyl (C=O) groups excluding carboxylic acids is 2. The Labute approximate surface area is 348 Å². The molecule has 2 aliphatic heterocycles. The first-order valence-corrected chi connectivity index (χ1v) is 18.9. The van der Waals surface area contributed by atoms with Gasteiger partial charge in [0.15, 0.2) is 0 Å². The van der Waals surface area contributed by atoms with Crippen molar-refractivity contribution in [3.63, 3.8) is 0 Å². The number of amides is 2. The summed E-state index contributed by atoms with van der Waals surface area (Å²) < 4.78 is 16.2. The second-order valence-corrected chi connectivity index (χ2v) is 13.9. The van der Waals surface area contributed by atoms with Gasteiger partial charge in [-0.05, 0) is 95.6 Å². The average molecular weight is 793 g/mol.